The van der Waals surface area contributed by atoms with Crippen LogP contribution in [-0.2, 0) is 12.1 Å². The highest BCUT2D eigenvalue weighted by Gasteiger charge is 2.34. The van der Waals surface area contributed by atoms with Crippen molar-refractivity contribution in [1.82, 2.24) is 20.1 Å². The van der Waals surface area contributed by atoms with Crippen LogP contribution < -0.4 is 15.7 Å². The number of amides is 1. The average molecular weight is 513 g/mol. The van der Waals surface area contributed by atoms with Crippen molar-refractivity contribution in [2.24, 2.45) is 0 Å². The molecule has 0 aliphatic rings. The van der Waals surface area contributed by atoms with Gasteiger partial charge in [0.2, 0.25) is 0 Å². The van der Waals surface area contributed by atoms with Crippen molar-refractivity contribution >= 4 is 16.9 Å². The van der Waals surface area contributed by atoms with E-state index in [1.165, 1.54) is 23.4 Å². The van der Waals surface area contributed by atoms with Crippen LogP contribution in [-0.4, -0.2) is 38.4 Å². The van der Waals surface area contributed by atoms with E-state index in [1.807, 2.05) is 13.8 Å². The van der Waals surface area contributed by atoms with Gasteiger partial charge in [-0.3, -0.25) is 4.79 Å². The monoisotopic (exact) mass is 512 g/mol. The van der Waals surface area contributed by atoms with E-state index in [0.717, 1.165) is 25.0 Å². The third-order valence-corrected chi connectivity index (χ3v) is 6.03. The second kappa shape index (κ2) is 10.9. The van der Waals surface area contributed by atoms with E-state index in [1.54, 1.807) is 18.2 Å². The quantitative estimate of drug-likeness (QED) is 0.312. The largest absolute Gasteiger partial charge is 0.490 e. The summed E-state index contributed by atoms with van der Waals surface area (Å²) in [5, 5.41) is 18.2. The van der Waals surface area contributed by atoms with E-state index in [9.17, 15) is 23.5 Å². The Balaban J connectivity index is 1.58. The molecule has 1 amide bonds. The maximum absolute atomic E-state index is 14.6. The molecule has 0 saturated heterocycles. The SMILES string of the molecule is CCC(CC)Oc1ccc2cc(C(=O)NCC(O)(Cn3cncn3)c3ccc(F)cc3F)c(=O)oc2c1. The zero-order valence-electron chi connectivity index (χ0n) is 20.3. The molecule has 0 radical (unpaired) electrons. The molecule has 0 fully saturated rings. The molecule has 37 heavy (non-hydrogen) atoms. The molecule has 4 aromatic rings. The first-order valence-electron chi connectivity index (χ1n) is 11.8. The van der Waals surface area contributed by atoms with Gasteiger partial charge in [-0.15, -0.1) is 0 Å². The van der Waals surface area contributed by atoms with Crippen molar-refractivity contribution in [3.8, 4) is 5.75 Å². The Hall–Kier alpha value is -4.12. The fourth-order valence-electron chi connectivity index (χ4n) is 3.98. The van der Waals surface area contributed by atoms with Crippen LogP contribution in [0.3, 0.4) is 0 Å². The molecule has 0 aliphatic carbocycles. The fourth-order valence-corrected chi connectivity index (χ4v) is 3.98. The molecule has 0 bridgehead atoms. The minimum Gasteiger partial charge on any atom is -0.490 e. The zero-order chi connectivity index (χ0) is 26.6. The smallest absolute Gasteiger partial charge is 0.349 e. The van der Waals surface area contributed by atoms with Gasteiger partial charge in [0.1, 0.15) is 46.8 Å². The molecule has 194 valence electrons. The Morgan fingerprint density at radius 2 is 1.97 bits per heavy atom. The van der Waals surface area contributed by atoms with Crippen LogP contribution in [0.25, 0.3) is 11.0 Å². The van der Waals surface area contributed by atoms with Gasteiger partial charge in [-0.25, -0.2) is 23.2 Å². The first-order valence-corrected chi connectivity index (χ1v) is 11.8. The molecule has 2 heterocycles. The van der Waals surface area contributed by atoms with Gasteiger partial charge in [0.25, 0.3) is 5.91 Å². The number of halogens is 2. The molecule has 0 saturated carbocycles. The van der Waals surface area contributed by atoms with E-state index in [-0.39, 0.29) is 29.4 Å². The van der Waals surface area contributed by atoms with E-state index in [2.05, 4.69) is 15.4 Å². The molecular weight excluding hydrogens is 486 g/mol. The Bertz CT molecular complexity index is 1450. The maximum Gasteiger partial charge on any atom is 0.349 e. The highest BCUT2D eigenvalue weighted by Crippen LogP contribution is 2.27. The number of ether oxygens (including phenoxy) is 1. The van der Waals surface area contributed by atoms with Crippen LogP contribution >= 0.6 is 0 Å². The van der Waals surface area contributed by atoms with Crippen molar-refractivity contribution in [2.45, 2.75) is 44.9 Å². The second-order valence-electron chi connectivity index (χ2n) is 8.64. The fraction of sp³-hybridized carbons (Fsp3) is 0.308. The van der Waals surface area contributed by atoms with E-state index >= 15 is 0 Å². The lowest BCUT2D eigenvalue weighted by atomic mass is 9.92. The first-order chi connectivity index (χ1) is 17.7. The number of nitrogens with one attached hydrogen (secondary N) is 1. The summed E-state index contributed by atoms with van der Waals surface area (Å²) in [7, 11) is 0. The number of fused-ring (bicyclic) bond motifs is 1. The van der Waals surface area contributed by atoms with E-state index < -0.39 is 35.3 Å². The Labute approximate surface area is 210 Å². The Kier molecular flexibility index (Phi) is 7.63. The number of carbonyl (C=O) groups is 1. The summed E-state index contributed by atoms with van der Waals surface area (Å²) in [4.78, 5) is 29.3. The summed E-state index contributed by atoms with van der Waals surface area (Å²) in [5.74, 6) is -2.13. The lowest BCUT2D eigenvalue weighted by molar-refractivity contribution is 0.0120. The summed E-state index contributed by atoms with van der Waals surface area (Å²) < 4.78 is 40.5. The van der Waals surface area contributed by atoms with Gasteiger partial charge in [-0.05, 0) is 37.1 Å². The summed E-state index contributed by atoms with van der Waals surface area (Å²) in [5.41, 5.74) is -3.25. The third kappa shape index (κ3) is 5.83. The second-order valence-corrected chi connectivity index (χ2v) is 8.64. The van der Waals surface area contributed by atoms with Gasteiger partial charge in [-0.1, -0.05) is 19.9 Å². The van der Waals surface area contributed by atoms with Gasteiger partial charge in [0.15, 0.2) is 0 Å². The molecule has 2 N–H and O–H groups in total. The number of aliphatic hydroxyl groups is 1. The van der Waals surface area contributed by atoms with E-state index in [4.69, 9.17) is 9.15 Å². The number of nitrogens with zero attached hydrogens (tertiary/aromatic N) is 3. The summed E-state index contributed by atoms with van der Waals surface area (Å²) in [6.45, 7) is 3.20. The predicted molar refractivity (Wildman–Crippen MR) is 130 cm³/mol. The normalized spacial score (nSPS) is 13.0. The Morgan fingerprint density at radius 3 is 2.65 bits per heavy atom. The van der Waals surface area contributed by atoms with Crippen LogP contribution in [0.4, 0.5) is 8.78 Å². The number of hydrogen-bond donors (Lipinski definition) is 2. The van der Waals surface area contributed by atoms with Gasteiger partial charge in [0.05, 0.1) is 19.2 Å². The third-order valence-electron chi connectivity index (χ3n) is 6.03. The lowest BCUT2D eigenvalue weighted by Gasteiger charge is -2.29. The number of hydrogen-bond acceptors (Lipinski definition) is 7. The molecule has 1 atom stereocenters. The number of carbonyl (C=O) groups excluding carboxylic acids is 1. The van der Waals surface area contributed by atoms with Crippen LogP contribution in [0.15, 0.2) is 64.3 Å². The minimum atomic E-state index is -2.04. The maximum atomic E-state index is 14.6. The van der Waals surface area contributed by atoms with Gasteiger partial charge in [-0.2, -0.15) is 5.10 Å². The van der Waals surface area contributed by atoms with Crippen molar-refractivity contribution in [1.29, 1.82) is 0 Å². The highest BCUT2D eigenvalue weighted by atomic mass is 19.1. The van der Waals surface area contributed by atoms with Crippen LogP contribution in [0.1, 0.15) is 42.6 Å². The van der Waals surface area contributed by atoms with Crippen LogP contribution in [0.5, 0.6) is 5.75 Å². The molecule has 11 heteroatoms. The number of aromatic nitrogens is 3. The predicted octanol–water partition coefficient (Wildman–Crippen LogP) is 3.55. The van der Waals surface area contributed by atoms with Gasteiger partial charge in [0, 0.05) is 23.1 Å². The van der Waals surface area contributed by atoms with Crippen LogP contribution in [0.2, 0.25) is 0 Å². The molecule has 2 aromatic carbocycles. The molecule has 1 unspecified atom stereocenters. The topological polar surface area (TPSA) is 119 Å². The minimum absolute atomic E-state index is 0.0245. The van der Waals surface area contributed by atoms with E-state index in [0.29, 0.717) is 17.2 Å². The van der Waals surface area contributed by atoms with Crippen molar-refractivity contribution in [3.05, 3.63) is 88.3 Å². The molecular formula is C26H26F2N4O5. The van der Waals surface area contributed by atoms with Crippen molar-refractivity contribution in [2.75, 3.05) is 6.54 Å². The van der Waals surface area contributed by atoms with Gasteiger partial charge < -0.3 is 19.6 Å². The average Bonchev–Trinajstić information content (AvgIpc) is 3.38. The summed E-state index contributed by atoms with van der Waals surface area (Å²) >= 11 is 0. The highest BCUT2D eigenvalue weighted by molar-refractivity contribution is 5.96. The molecule has 2 aromatic heterocycles. The summed E-state index contributed by atoms with van der Waals surface area (Å²) in [6.07, 6.45) is 4.19. The number of rotatable bonds is 10. The Morgan fingerprint density at radius 1 is 1.19 bits per heavy atom. The van der Waals surface area contributed by atoms with Crippen molar-refractivity contribution < 1.29 is 27.8 Å². The molecule has 0 aliphatic heterocycles. The lowest BCUT2D eigenvalue weighted by Crippen LogP contribution is -2.45. The molecule has 4 rings (SSSR count). The standard InChI is InChI=1S/C26H26F2N4O5/c1-3-18(4-2)36-19-7-5-16-9-20(25(34)37-23(16)11-19)24(33)30-12-26(35,13-32-15-29-14-31-32)21-8-6-17(27)10-22(21)28/h5-11,14-15,18,35H,3-4,12-13H2,1-2H3,(H,30,33). The summed E-state index contributed by atoms with van der Waals surface area (Å²) in [6, 6.07) is 9.04. The molecule has 0 spiro atoms. The number of benzene rings is 2. The van der Waals surface area contributed by atoms with Gasteiger partial charge >= 0.3 is 5.63 Å². The molecule has 9 nitrogen and oxygen atoms in total. The van der Waals surface area contributed by atoms with Crippen molar-refractivity contribution in [3.63, 3.8) is 0 Å². The van der Waals surface area contributed by atoms with Crippen LogP contribution in [0, 0.1) is 11.6 Å². The zero-order valence-corrected chi connectivity index (χ0v) is 20.3. The first kappa shape index (κ1) is 26.0.